The van der Waals surface area contributed by atoms with Crippen LogP contribution >= 0.6 is 11.8 Å². The standard InChI is InChI=1S/C16H17N5O3S/c1-20(2)15-12(21(22)23)7-8-14(19-15)17-9-10-25-16-18-11-5-3-4-6-13(11)24-16/h3-8H,9-10H2,1-2H3,(H,17,19). The number of benzene rings is 1. The largest absolute Gasteiger partial charge is 0.431 e. The third kappa shape index (κ3) is 4.00. The van der Waals surface area contributed by atoms with Crippen molar-refractivity contribution >= 4 is 40.2 Å². The lowest BCUT2D eigenvalue weighted by molar-refractivity contribution is -0.384. The first kappa shape index (κ1) is 17.0. The molecule has 0 unspecified atom stereocenters. The van der Waals surface area contributed by atoms with Crippen molar-refractivity contribution in [1.29, 1.82) is 0 Å². The molecule has 25 heavy (non-hydrogen) atoms. The van der Waals surface area contributed by atoms with Crippen molar-refractivity contribution in [2.75, 3.05) is 36.6 Å². The van der Waals surface area contributed by atoms with Crippen LogP contribution in [-0.4, -0.2) is 41.3 Å². The molecule has 3 rings (SSSR count). The van der Waals surface area contributed by atoms with Crippen LogP contribution in [0.5, 0.6) is 0 Å². The summed E-state index contributed by atoms with van der Waals surface area (Å²) >= 11 is 1.50. The minimum Gasteiger partial charge on any atom is -0.431 e. The molecule has 0 radical (unpaired) electrons. The van der Waals surface area contributed by atoms with Crippen molar-refractivity contribution in [3.05, 3.63) is 46.5 Å². The number of pyridine rings is 1. The van der Waals surface area contributed by atoms with E-state index in [1.54, 1.807) is 25.1 Å². The summed E-state index contributed by atoms with van der Waals surface area (Å²) < 4.78 is 5.64. The third-order valence-corrected chi connectivity index (χ3v) is 4.21. The molecule has 0 bridgehead atoms. The van der Waals surface area contributed by atoms with Gasteiger partial charge in [0.05, 0.1) is 4.92 Å². The van der Waals surface area contributed by atoms with E-state index in [1.165, 1.54) is 17.8 Å². The second-order valence-electron chi connectivity index (χ2n) is 5.41. The van der Waals surface area contributed by atoms with Crippen LogP contribution in [0.15, 0.2) is 46.0 Å². The molecule has 2 heterocycles. The highest BCUT2D eigenvalue weighted by Gasteiger charge is 2.17. The van der Waals surface area contributed by atoms with Crippen molar-refractivity contribution in [2.24, 2.45) is 0 Å². The predicted molar refractivity (Wildman–Crippen MR) is 98.4 cm³/mol. The van der Waals surface area contributed by atoms with E-state index < -0.39 is 4.92 Å². The zero-order valence-electron chi connectivity index (χ0n) is 13.8. The summed E-state index contributed by atoms with van der Waals surface area (Å²) in [4.78, 5) is 20.9. The normalized spacial score (nSPS) is 10.8. The molecular weight excluding hydrogens is 342 g/mol. The van der Waals surface area contributed by atoms with Gasteiger partial charge in [0.15, 0.2) is 5.58 Å². The smallest absolute Gasteiger partial charge is 0.311 e. The molecule has 8 nitrogen and oxygen atoms in total. The minimum absolute atomic E-state index is 0.0172. The Balaban J connectivity index is 1.58. The number of aromatic nitrogens is 2. The lowest BCUT2D eigenvalue weighted by Gasteiger charge is -2.13. The number of hydrogen-bond donors (Lipinski definition) is 1. The van der Waals surface area contributed by atoms with Gasteiger partial charge in [0, 0.05) is 32.5 Å². The van der Waals surface area contributed by atoms with E-state index in [4.69, 9.17) is 4.42 Å². The van der Waals surface area contributed by atoms with E-state index in [1.807, 2.05) is 24.3 Å². The molecule has 0 aliphatic carbocycles. The molecule has 2 aromatic heterocycles. The molecule has 9 heteroatoms. The van der Waals surface area contributed by atoms with Crippen molar-refractivity contribution in [3.63, 3.8) is 0 Å². The summed E-state index contributed by atoms with van der Waals surface area (Å²) in [6, 6.07) is 10.7. The molecule has 0 saturated heterocycles. The van der Waals surface area contributed by atoms with Crippen molar-refractivity contribution < 1.29 is 9.34 Å². The Morgan fingerprint density at radius 2 is 2.04 bits per heavy atom. The second kappa shape index (κ2) is 7.39. The van der Waals surface area contributed by atoms with Crippen molar-refractivity contribution in [1.82, 2.24) is 9.97 Å². The monoisotopic (exact) mass is 359 g/mol. The van der Waals surface area contributed by atoms with Crippen LogP contribution in [-0.2, 0) is 0 Å². The molecule has 1 N–H and O–H groups in total. The molecule has 0 amide bonds. The van der Waals surface area contributed by atoms with E-state index in [0.29, 0.717) is 23.4 Å². The summed E-state index contributed by atoms with van der Waals surface area (Å²) in [5.74, 6) is 1.64. The maximum absolute atomic E-state index is 11.0. The number of thioether (sulfide) groups is 1. The molecule has 0 saturated carbocycles. The van der Waals surface area contributed by atoms with E-state index in [9.17, 15) is 10.1 Å². The zero-order valence-corrected chi connectivity index (χ0v) is 14.6. The Hall–Kier alpha value is -2.81. The summed E-state index contributed by atoms with van der Waals surface area (Å²) in [6.45, 7) is 0.626. The Morgan fingerprint density at radius 1 is 1.24 bits per heavy atom. The number of hydrogen-bond acceptors (Lipinski definition) is 8. The van der Waals surface area contributed by atoms with Crippen LogP contribution in [0.3, 0.4) is 0 Å². The number of anilines is 2. The Bertz CT molecular complexity index is 863. The van der Waals surface area contributed by atoms with E-state index in [2.05, 4.69) is 15.3 Å². The first-order valence-electron chi connectivity index (χ1n) is 7.59. The molecule has 0 aliphatic heterocycles. The number of fused-ring (bicyclic) bond motifs is 1. The van der Waals surface area contributed by atoms with Gasteiger partial charge >= 0.3 is 5.69 Å². The molecular formula is C16H17N5O3S. The maximum atomic E-state index is 11.0. The number of para-hydroxylation sites is 2. The van der Waals surface area contributed by atoms with Crippen LogP contribution in [0.1, 0.15) is 0 Å². The van der Waals surface area contributed by atoms with Crippen molar-refractivity contribution in [3.8, 4) is 0 Å². The minimum atomic E-state index is -0.435. The molecule has 0 aliphatic rings. The van der Waals surface area contributed by atoms with Crippen molar-refractivity contribution in [2.45, 2.75) is 5.22 Å². The number of nitrogens with one attached hydrogen (secondary N) is 1. The van der Waals surface area contributed by atoms with Crippen LogP contribution in [0.2, 0.25) is 0 Å². The molecule has 0 fully saturated rings. The molecule has 1 aromatic carbocycles. The molecule has 0 spiro atoms. The lowest BCUT2D eigenvalue weighted by Crippen LogP contribution is -2.14. The van der Waals surface area contributed by atoms with Gasteiger partial charge in [-0.15, -0.1) is 0 Å². The first-order chi connectivity index (χ1) is 12.0. The van der Waals surface area contributed by atoms with E-state index in [-0.39, 0.29) is 5.69 Å². The van der Waals surface area contributed by atoms with Gasteiger partial charge in [-0.2, -0.15) is 0 Å². The Morgan fingerprint density at radius 3 is 2.76 bits per heavy atom. The third-order valence-electron chi connectivity index (χ3n) is 3.38. The van der Waals surface area contributed by atoms with Crippen LogP contribution in [0, 0.1) is 10.1 Å². The van der Waals surface area contributed by atoms with Crippen LogP contribution < -0.4 is 10.2 Å². The lowest BCUT2D eigenvalue weighted by atomic mass is 10.3. The van der Waals surface area contributed by atoms with Gasteiger partial charge in [0.25, 0.3) is 5.22 Å². The van der Waals surface area contributed by atoms with Gasteiger partial charge in [-0.05, 0) is 18.2 Å². The van der Waals surface area contributed by atoms with E-state index >= 15 is 0 Å². The van der Waals surface area contributed by atoms with Crippen LogP contribution in [0.25, 0.3) is 11.1 Å². The highest BCUT2D eigenvalue weighted by atomic mass is 32.2. The zero-order chi connectivity index (χ0) is 17.8. The van der Waals surface area contributed by atoms with Gasteiger partial charge in [-0.3, -0.25) is 10.1 Å². The average Bonchev–Trinajstić information content (AvgIpc) is 3.01. The quantitative estimate of drug-likeness (QED) is 0.297. The number of nitrogens with zero attached hydrogens (tertiary/aromatic N) is 4. The fourth-order valence-electron chi connectivity index (χ4n) is 2.24. The van der Waals surface area contributed by atoms with Gasteiger partial charge in [-0.25, -0.2) is 9.97 Å². The van der Waals surface area contributed by atoms with E-state index in [0.717, 1.165) is 16.9 Å². The highest BCUT2D eigenvalue weighted by Crippen LogP contribution is 2.26. The second-order valence-corrected chi connectivity index (χ2v) is 6.46. The molecule has 0 atom stereocenters. The fraction of sp³-hybridized carbons (Fsp3) is 0.250. The predicted octanol–water partition coefficient (Wildman–Crippen LogP) is 3.40. The first-order valence-corrected chi connectivity index (χ1v) is 8.58. The molecule has 3 aromatic rings. The number of rotatable bonds is 7. The summed E-state index contributed by atoms with van der Waals surface area (Å²) in [7, 11) is 3.45. The maximum Gasteiger partial charge on any atom is 0.311 e. The Kier molecular flexibility index (Phi) is 5.03. The summed E-state index contributed by atoms with van der Waals surface area (Å²) in [5, 5.41) is 14.8. The topological polar surface area (TPSA) is 97.3 Å². The fourth-order valence-corrected chi connectivity index (χ4v) is 2.93. The van der Waals surface area contributed by atoms with Gasteiger partial charge in [0.2, 0.25) is 5.82 Å². The molecule has 130 valence electrons. The van der Waals surface area contributed by atoms with Gasteiger partial charge < -0.3 is 14.6 Å². The average molecular weight is 359 g/mol. The SMILES string of the molecule is CN(C)c1nc(NCCSc2nc3ccccc3o2)ccc1[N+](=O)[O-]. The highest BCUT2D eigenvalue weighted by molar-refractivity contribution is 7.99. The van der Waals surface area contributed by atoms with Gasteiger partial charge in [-0.1, -0.05) is 23.9 Å². The summed E-state index contributed by atoms with van der Waals surface area (Å²) in [6.07, 6.45) is 0. The summed E-state index contributed by atoms with van der Waals surface area (Å²) in [5.41, 5.74) is 1.59. The number of oxazole rings is 1. The number of nitro groups is 1. The van der Waals surface area contributed by atoms with Gasteiger partial charge in [0.1, 0.15) is 11.3 Å². The Labute approximate surface area is 148 Å². The van der Waals surface area contributed by atoms with Crippen LogP contribution in [0.4, 0.5) is 17.3 Å².